The van der Waals surface area contributed by atoms with E-state index in [1.807, 2.05) is 6.07 Å². The first-order chi connectivity index (χ1) is 11.9. The molecule has 130 valence electrons. The van der Waals surface area contributed by atoms with Crippen LogP contribution in [0.1, 0.15) is 70.3 Å². The molecule has 0 aliphatic heterocycles. The van der Waals surface area contributed by atoms with E-state index in [9.17, 15) is 0 Å². The maximum Gasteiger partial charge on any atom is 0.163 e. The smallest absolute Gasteiger partial charge is 0.163 e. The van der Waals surface area contributed by atoms with Crippen LogP contribution in [0.5, 0.6) is 11.5 Å². The number of hydrogen-bond acceptors (Lipinski definition) is 3. The van der Waals surface area contributed by atoms with E-state index in [0.29, 0.717) is 5.75 Å². The van der Waals surface area contributed by atoms with Crippen LogP contribution in [-0.2, 0) is 6.42 Å². The van der Waals surface area contributed by atoms with Crippen LogP contribution < -0.4 is 4.74 Å². The number of unbranched alkanes of at least 4 members (excludes halogenated alkanes) is 8. The van der Waals surface area contributed by atoms with Crippen molar-refractivity contribution in [3.05, 3.63) is 48.5 Å². The molecule has 0 bridgehead atoms. The molecule has 0 unspecified atom stereocenters. The Morgan fingerprint density at radius 2 is 1.46 bits per heavy atom. The minimum atomic E-state index is 0.678. The maximum absolute atomic E-state index is 5.79. The minimum absolute atomic E-state index is 0.678. The van der Waals surface area contributed by atoms with Crippen LogP contribution in [-0.4, -0.2) is 9.97 Å². The van der Waals surface area contributed by atoms with Gasteiger partial charge in [-0.15, -0.1) is 0 Å². The highest BCUT2D eigenvalue weighted by Crippen LogP contribution is 2.21. The molecule has 0 atom stereocenters. The molecule has 1 heterocycles. The maximum atomic E-state index is 5.79. The van der Waals surface area contributed by atoms with Crippen molar-refractivity contribution in [2.75, 3.05) is 0 Å². The zero-order valence-electron chi connectivity index (χ0n) is 14.9. The van der Waals surface area contributed by atoms with Crippen LogP contribution in [0.3, 0.4) is 0 Å². The first-order valence-corrected chi connectivity index (χ1v) is 9.40. The fourth-order valence-corrected chi connectivity index (χ4v) is 2.88. The van der Waals surface area contributed by atoms with Gasteiger partial charge in [0.15, 0.2) is 5.75 Å². The topological polar surface area (TPSA) is 35.0 Å². The Labute approximate surface area is 146 Å². The van der Waals surface area contributed by atoms with Gasteiger partial charge in [0, 0.05) is 0 Å². The molecule has 0 spiro atoms. The fourth-order valence-electron chi connectivity index (χ4n) is 2.88. The van der Waals surface area contributed by atoms with Gasteiger partial charge in [0.2, 0.25) is 0 Å². The molecular weight excluding hydrogens is 296 g/mol. The van der Waals surface area contributed by atoms with Crippen molar-refractivity contribution in [2.24, 2.45) is 0 Å². The van der Waals surface area contributed by atoms with E-state index in [2.05, 4.69) is 35.1 Å². The Kier molecular flexibility index (Phi) is 8.92. The van der Waals surface area contributed by atoms with Gasteiger partial charge in [-0.2, -0.15) is 0 Å². The minimum Gasteiger partial charge on any atom is -0.454 e. The Bertz CT molecular complexity index is 557. The zero-order chi connectivity index (χ0) is 16.9. The average molecular weight is 326 g/mol. The Morgan fingerprint density at radius 1 is 0.792 bits per heavy atom. The molecule has 2 aromatic rings. The van der Waals surface area contributed by atoms with E-state index < -0.39 is 0 Å². The van der Waals surface area contributed by atoms with Gasteiger partial charge in [-0.25, -0.2) is 9.97 Å². The van der Waals surface area contributed by atoms with Crippen molar-refractivity contribution in [1.82, 2.24) is 9.97 Å². The summed E-state index contributed by atoms with van der Waals surface area (Å²) in [4.78, 5) is 7.94. The quantitative estimate of drug-likeness (QED) is 0.427. The lowest BCUT2D eigenvalue weighted by Gasteiger charge is -2.07. The van der Waals surface area contributed by atoms with E-state index in [-0.39, 0.29) is 0 Å². The highest BCUT2D eigenvalue weighted by molar-refractivity contribution is 5.32. The summed E-state index contributed by atoms with van der Waals surface area (Å²) in [6.07, 6.45) is 18.3. The summed E-state index contributed by atoms with van der Waals surface area (Å²) < 4.78 is 5.79. The molecule has 1 aromatic carbocycles. The number of benzene rings is 1. The molecule has 0 aliphatic carbocycles. The van der Waals surface area contributed by atoms with Crippen LogP contribution in [0, 0.1) is 0 Å². The Balaban J connectivity index is 1.62. The van der Waals surface area contributed by atoms with E-state index in [4.69, 9.17) is 4.74 Å². The summed E-state index contributed by atoms with van der Waals surface area (Å²) in [5.74, 6) is 1.54. The third-order valence-electron chi connectivity index (χ3n) is 4.24. The van der Waals surface area contributed by atoms with Gasteiger partial charge in [0.25, 0.3) is 0 Å². The highest BCUT2D eigenvalue weighted by Gasteiger charge is 2.00. The molecule has 24 heavy (non-hydrogen) atoms. The highest BCUT2D eigenvalue weighted by atomic mass is 16.5. The molecule has 0 saturated carbocycles. The number of hydrogen-bond donors (Lipinski definition) is 0. The normalized spacial score (nSPS) is 10.7. The second-order valence-electron chi connectivity index (χ2n) is 6.40. The van der Waals surface area contributed by atoms with E-state index in [1.54, 1.807) is 12.4 Å². The molecular formula is C21H30N2O. The third kappa shape index (κ3) is 7.58. The summed E-state index contributed by atoms with van der Waals surface area (Å²) in [7, 11) is 0. The predicted octanol–water partition coefficient (Wildman–Crippen LogP) is 6.34. The summed E-state index contributed by atoms with van der Waals surface area (Å²) in [5, 5.41) is 0. The van der Waals surface area contributed by atoms with Gasteiger partial charge in [0.05, 0.1) is 12.4 Å². The monoisotopic (exact) mass is 326 g/mol. The lowest BCUT2D eigenvalue weighted by atomic mass is 10.0. The molecule has 0 N–H and O–H groups in total. The molecule has 0 fully saturated rings. The Morgan fingerprint density at radius 3 is 2.17 bits per heavy atom. The van der Waals surface area contributed by atoms with E-state index >= 15 is 0 Å². The molecule has 3 heteroatoms. The van der Waals surface area contributed by atoms with Crippen molar-refractivity contribution < 1.29 is 4.74 Å². The first kappa shape index (κ1) is 18.4. The molecule has 0 radical (unpaired) electrons. The number of aryl methyl sites for hydroxylation is 1. The molecule has 0 aliphatic rings. The molecule has 3 nitrogen and oxygen atoms in total. The van der Waals surface area contributed by atoms with Gasteiger partial charge >= 0.3 is 0 Å². The lowest BCUT2D eigenvalue weighted by molar-refractivity contribution is 0.476. The standard InChI is InChI=1S/C21H30N2O/c1-2-3-4-5-6-7-8-9-10-12-19-13-11-14-20(15-19)24-21-16-22-18-23-17-21/h11,13-18H,2-10,12H2,1H3. The van der Waals surface area contributed by atoms with Gasteiger partial charge in [-0.05, 0) is 30.5 Å². The van der Waals surface area contributed by atoms with Crippen molar-refractivity contribution in [1.29, 1.82) is 0 Å². The van der Waals surface area contributed by atoms with Crippen molar-refractivity contribution >= 4 is 0 Å². The largest absolute Gasteiger partial charge is 0.454 e. The van der Waals surface area contributed by atoms with Gasteiger partial charge in [-0.1, -0.05) is 70.4 Å². The van der Waals surface area contributed by atoms with Crippen LogP contribution in [0.4, 0.5) is 0 Å². The first-order valence-electron chi connectivity index (χ1n) is 9.40. The Hall–Kier alpha value is -1.90. The van der Waals surface area contributed by atoms with Crippen LogP contribution in [0.2, 0.25) is 0 Å². The molecule has 1 aromatic heterocycles. The third-order valence-corrected chi connectivity index (χ3v) is 4.24. The van der Waals surface area contributed by atoms with Gasteiger partial charge < -0.3 is 4.74 Å². The van der Waals surface area contributed by atoms with E-state index in [0.717, 1.165) is 12.2 Å². The summed E-state index contributed by atoms with van der Waals surface area (Å²) in [6, 6.07) is 8.34. The molecule has 0 amide bonds. The van der Waals surface area contributed by atoms with Crippen molar-refractivity contribution in [2.45, 2.75) is 71.1 Å². The number of nitrogens with zero attached hydrogens (tertiary/aromatic N) is 2. The fraction of sp³-hybridized carbons (Fsp3) is 0.524. The second-order valence-corrected chi connectivity index (χ2v) is 6.40. The van der Waals surface area contributed by atoms with Gasteiger partial charge in [-0.3, -0.25) is 0 Å². The predicted molar refractivity (Wildman–Crippen MR) is 99.5 cm³/mol. The van der Waals surface area contributed by atoms with Crippen molar-refractivity contribution in [3.63, 3.8) is 0 Å². The average Bonchev–Trinajstić information content (AvgIpc) is 2.61. The number of ether oxygens (including phenoxy) is 1. The van der Waals surface area contributed by atoms with Crippen LogP contribution in [0.15, 0.2) is 43.0 Å². The van der Waals surface area contributed by atoms with Crippen LogP contribution >= 0.6 is 0 Å². The SMILES string of the molecule is CCCCCCCCCCCc1cccc(Oc2cncnc2)c1. The summed E-state index contributed by atoms with van der Waals surface area (Å²) >= 11 is 0. The zero-order valence-corrected chi connectivity index (χ0v) is 14.9. The molecule has 2 rings (SSSR count). The van der Waals surface area contributed by atoms with E-state index in [1.165, 1.54) is 69.7 Å². The van der Waals surface area contributed by atoms with Gasteiger partial charge in [0.1, 0.15) is 12.1 Å². The lowest BCUT2D eigenvalue weighted by Crippen LogP contribution is -1.90. The number of rotatable bonds is 12. The summed E-state index contributed by atoms with van der Waals surface area (Å²) in [5.41, 5.74) is 1.34. The van der Waals surface area contributed by atoms with Crippen LogP contribution in [0.25, 0.3) is 0 Å². The molecule has 0 saturated heterocycles. The number of aromatic nitrogens is 2. The van der Waals surface area contributed by atoms with Crippen molar-refractivity contribution in [3.8, 4) is 11.5 Å². The second kappa shape index (κ2) is 11.6. The summed E-state index contributed by atoms with van der Waals surface area (Å²) in [6.45, 7) is 2.27.